The van der Waals surface area contributed by atoms with Gasteiger partial charge in [-0.25, -0.2) is 9.78 Å². The summed E-state index contributed by atoms with van der Waals surface area (Å²) in [5.74, 6) is -0.379. The van der Waals surface area contributed by atoms with E-state index in [1.807, 2.05) is 6.92 Å². The molecule has 0 saturated heterocycles. The molecule has 17 heavy (non-hydrogen) atoms. The minimum Gasteiger partial charge on any atom is -0.465 e. The Hall–Kier alpha value is -1.82. The summed E-state index contributed by atoms with van der Waals surface area (Å²) >= 11 is 1.26. The SMILES string of the molecule is CCc1nccnc1-c1ncc(C(=O)OC)s1. The molecule has 0 N–H and O–H groups in total. The summed E-state index contributed by atoms with van der Waals surface area (Å²) in [6, 6.07) is 0. The standard InChI is InChI=1S/C11H11N3O2S/c1-3-7-9(13-5-4-12-7)10-14-6-8(17-10)11(15)16-2/h4-6H,3H2,1-2H3. The number of rotatable bonds is 3. The molecule has 0 radical (unpaired) electrons. The third-order valence-corrected chi connectivity index (χ3v) is 3.19. The number of ether oxygens (including phenoxy) is 1. The van der Waals surface area contributed by atoms with Crippen molar-refractivity contribution < 1.29 is 9.53 Å². The van der Waals surface area contributed by atoms with Gasteiger partial charge in [-0.2, -0.15) is 0 Å². The highest BCUT2D eigenvalue weighted by Crippen LogP contribution is 2.25. The Morgan fingerprint density at radius 2 is 2.12 bits per heavy atom. The zero-order chi connectivity index (χ0) is 12.3. The molecule has 0 bridgehead atoms. The third kappa shape index (κ3) is 2.31. The summed E-state index contributed by atoms with van der Waals surface area (Å²) in [6.45, 7) is 2.00. The largest absolute Gasteiger partial charge is 0.465 e. The van der Waals surface area contributed by atoms with Crippen LogP contribution in [0.5, 0.6) is 0 Å². The van der Waals surface area contributed by atoms with E-state index in [9.17, 15) is 4.79 Å². The van der Waals surface area contributed by atoms with E-state index >= 15 is 0 Å². The molecule has 0 saturated carbocycles. The van der Waals surface area contributed by atoms with Crippen LogP contribution in [-0.2, 0) is 11.2 Å². The molecule has 0 aromatic carbocycles. The van der Waals surface area contributed by atoms with Gasteiger partial charge in [-0.15, -0.1) is 11.3 Å². The topological polar surface area (TPSA) is 65.0 Å². The van der Waals surface area contributed by atoms with Gasteiger partial charge in [-0.05, 0) is 6.42 Å². The van der Waals surface area contributed by atoms with Gasteiger partial charge in [-0.3, -0.25) is 9.97 Å². The van der Waals surface area contributed by atoms with E-state index in [0.717, 1.165) is 17.8 Å². The quantitative estimate of drug-likeness (QED) is 0.778. The summed E-state index contributed by atoms with van der Waals surface area (Å²) in [5.41, 5.74) is 1.61. The second-order valence-electron chi connectivity index (χ2n) is 3.23. The lowest BCUT2D eigenvalue weighted by Gasteiger charge is -2.00. The van der Waals surface area contributed by atoms with E-state index in [2.05, 4.69) is 19.7 Å². The summed E-state index contributed by atoms with van der Waals surface area (Å²) in [5, 5.41) is 0.690. The van der Waals surface area contributed by atoms with Gasteiger partial charge in [-0.1, -0.05) is 6.92 Å². The normalized spacial score (nSPS) is 10.2. The molecule has 0 amide bonds. The van der Waals surface area contributed by atoms with Crippen LogP contribution in [-0.4, -0.2) is 28.0 Å². The molecular weight excluding hydrogens is 238 g/mol. The predicted molar refractivity (Wildman–Crippen MR) is 63.9 cm³/mol. The molecule has 5 nitrogen and oxygen atoms in total. The Labute approximate surface area is 103 Å². The second kappa shape index (κ2) is 5.01. The Kier molecular flexibility index (Phi) is 3.43. The van der Waals surface area contributed by atoms with Crippen molar-refractivity contribution in [1.82, 2.24) is 15.0 Å². The average Bonchev–Trinajstić information content (AvgIpc) is 2.87. The van der Waals surface area contributed by atoms with Crippen LogP contribution in [0.15, 0.2) is 18.6 Å². The molecule has 0 aliphatic carbocycles. The highest BCUT2D eigenvalue weighted by molar-refractivity contribution is 7.16. The molecule has 0 fully saturated rings. The van der Waals surface area contributed by atoms with Crippen LogP contribution in [0.4, 0.5) is 0 Å². The number of carbonyl (C=O) groups excluding carboxylic acids is 1. The van der Waals surface area contributed by atoms with Crippen LogP contribution in [0.25, 0.3) is 10.7 Å². The minimum absolute atomic E-state index is 0.379. The zero-order valence-corrected chi connectivity index (χ0v) is 10.3. The smallest absolute Gasteiger partial charge is 0.349 e. The van der Waals surface area contributed by atoms with Crippen molar-refractivity contribution in [3.63, 3.8) is 0 Å². The number of thiazole rings is 1. The summed E-state index contributed by atoms with van der Waals surface area (Å²) in [6.07, 6.45) is 5.54. The van der Waals surface area contributed by atoms with Gasteiger partial charge >= 0.3 is 5.97 Å². The monoisotopic (exact) mass is 249 g/mol. The fraction of sp³-hybridized carbons (Fsp3) is 0.273. The Morgan fingerprint density at radius 3 is 2.82 bits per heavy atom. The van der Waals surface area contributed by atoms with Crippen LogP contribution in [0, 0.1) is 0 Å². The van der Waals surface area contributed by atoms with Crippen molar-refractivity contribution in [3.05, 3.63) is 29.2 Å². The first-order chi connectivity index (χ1) is 8.26. The number of hydrogen-bond donors (Lipinski definition) is 0. The number of carbonyl (C=O) groups is 1. The van der Waals surface area contributed by atoms with Gasteiger partial charge in [0.15, 0.2) is 0 Å². The maximum Gasteiger partial charge on any atom is 0.349 e. The first kappa shape index (κ1) is 11.7. The van der Waals surface area contributed by atoms with E-state index in [1.165, 1.54) is 24.6 Å². The van der Waals surface area contributed by atoms with Gasteiger partial charge in [0.05, 0.1) is 19.0 Å². The van der Waals surface area contributed by atoms with E-state index in [1.54, 1.807) is 12.4 Å². The predicted octanol–water partition coefficient (Wildman–Crippen LogP) is 1.95. The summed E-state index contributed by atoms with van der Waals surface area (Å²) in [4.78, 5) is 24.5. The van der Waals surface area contributed by atoms with E-state index in [-0.39, 0.29) is 5.97 Å². The van der Waals surface area contributed by atoms with Crippen LogP contribution in [0.3, 0.4) is 0 Å². The number of aryl methyl sites for hydroxylation is 1. The molecule has 88 valence electrons. The Morgan fingerprint density at radius 1 is 1.35 bits per heavy atom. The van der Waals surface area contributed by atoms with Gasteiger partial charge < -0.3 is 4.74 Å². The Balaban J connectivity index is 2.40. The lowest BCUT2D eigenvalue weighted by Crippen LogP contribution is -1.96. The summed E-state index contributed by atoms with van der Waals surface area (Å²) < 4.78 is 4.64. The number of hydrogen-bond acceptors (Lipinski definition) is 6. The molecule has 0 unspecified atom stereocenters. The number of methoxy groups -OCH3 is 1. The van der Waals surface area contributed by atoms with Gasteiger partial charge in [0.1, 0.15) is 15.6 Å². The second-order valence-corrected chi connectivity index (χ2v) is 4.26. The maximum atomic E-state index is 11.3. The van der Waals surface area contributed by atoms with Crippen molar-refractivity contribution in [2.24, 2.45) is 0 Å². The third-order valence-electron chi connectivity index (χ3n) is 2.20. The number of aromatic nitrogens is 3. The molecule has 2 aromatic rings. The lowest BCUT2D eigenvalue weighted by atomic mass is 10.2. The number of esters is 1. The zero-order valence-electron chi connectivity index (χ0n) is 9.51. The van der Waals surface area contributed by atoms with Crippen molar-refractivity contribution in [2.75, 3.05) is 7.11 Å². The Bertz CT molecular complexity index is 539. The molecule has 2 rings (SSSR count). The van der Waals surface area contributed by atoms with Gasteiger partial charge in [0.2, 0.25) is 0 Å². The molecule has 0 atom stereocenters. The molecule has 6 heteroatoms. The highest BCUT2D eigenvalue weighted by atomic mass is 32.1. The molecule has 0 spiro atoms. The molecule has 0 aliphatic rings. The van der Waals surface area contributed by atoms with Gasteiger partial charge in [0, 0.05) is 12.4 Å². The fourth-order valence-electron chi connectivity index (χ4n) is 1.38. The molecule has 2 aromatic heterocycles. The van der Waals surface area contributed by atoms with Crippen LogP contribution >= 0.6 is 11.3 Å². The first-order valence-corrected chi connectivity index (χ1v) is 5.92. The first-order valence-electron chi connectivity index (χ1n) is 5.10. The van der Waals surface area contributed by atoms with Crippen molar-refractivity contribution in [3.8, 4) is 10.7 Å². The van der Waals surface area contributed by atoms with Crippen LogP contribution in [0.1, 0.15) is 22.3 Å². The minimum atomic E-state index is -0.379. The lowest BCUT2D eigenvalue weighted by molar-refractivity contribution is 0.0606. The van der Waals surface area contributed by atoms with Gasteiger partial charge in [0.25, 0.3) is 0 Å². The number of nitrogens with zero attached hydrogens (tertiary/aromatic N) is 3. The van der Waals surface area contributed by atoms with E-state index in [0.29, 0.717) is 9.88 Å². The molecular formula is C11H11N3O2S. The maximum absolute atomic E-state index is 11.3. The highest BCUT2D eigenvalue weighted by Gasteiger charge is 2.14. The van der Waals surface area contributed by atoms with Crippen molar-refractivity contribution in [2.45, 2.75) is 13.3 Å². The molecule has 0 aliphatic heterocycles. The summed E-state index contributed by atoms with van der Waals surface area (Å²) in [7, 11) is 1.35. The van der Waals surface area contributed by atoms with Crippen molar-refractivity contribution in [1.29, 1.82) is 0 Å². The van der Waals surface area contributed by atoms with Crippen LogP contribution < -0.4 is 0 Å². The average molecular weight is 249 g/mol. The molecule has 2 heterocycles. The van der Waals surface area contributed by atoms with Crippen LogP contribution in [0.2, 0.25) is 0 Å². The van der Waals surface area contributed by atoms with E-state index < -0.39 is 0 Å². The fourth-order valence-corrected chi connectivity index (χ4v) is 2.24. The van der Waals surface area contributed by atoms with Crippen molar-refractivity contribution >= 4 is 17.3 Å². The van der Waals surface area contributed by atoms with E-state index in [4.69, 9.17) is 0 Å².